The fourth-order valence-electron chi connectivity index (χ4n) is 8.01. The number of aromatic nitrogens is 2. The van der Waals surface area contributed by atoms with E-state index in [1.54, 1.807) is 0 Å². The summed E-state index contributed by atoms with van der Waals surface area (Å²) in [5, 5.41) is 19.9. The number of H-pyrrole nitrogens is 2. The molecular formula is C40H22N2. The predicted molar refractivity (Wildman–Crippen MR) is 180 cm³/mol. The van der Waals surface area contributed by atoms with Gasteiger partial charge in [0.25, 0.3) is 0 Å². The highest BCUT2D eigenvalue weighted by Crippen LogP contribution is 2.48. The highest BCUT2D eigenvalue weighted by Gasteiger charge is 2.21. The van der Waals surface area contributed by atoms with E-state index in [-0.39, 0.29) is 0 Å². The summed E-state index contributed by atoms with van der Waals surface area (Å²) in [7, 11) is 0. The molecule has 2 heterocycles. The van der Waals surface area contributed by atoms with Gasteiger partial charge in [-0.05, 0) is 94.3 Å². The van der Waals surface area contributed by atoms with Gasteiger partial charge in [-0.3, -0.25) is 0 Å². The Bertz CT molecular complexity index is 2810. The van der Waals surface area contributed by atoms with E-state index >= 15 is 0 Å². The number of fused-ring (bicyclic) bond motifs is 5. The summed E-state index contributed by atoms with van der Waals surface area (Å²) in [5.41, 5.74) is 6.09. The van der Waals surface area contributed by atoms with E-state index in [1.165, 1.54) is 103 Å². The number of benzene rings is 8. The summed E-state index contributed by atoms with van der Waals surface area (Å²) < 4.78 is 0. The van der Waals surface area contributed by atoms with E-state index in [2.05, 4.69) is 125 Å². The average molecular weight is 531 g/mol. The van der Waals surface area contributed by atoms with Crippen molar-refractivity contribution in [3.8, 4) is 22.5 Å². The molecule has 0 saturated heterocycles. The summed E-state index contributed by atoms with van der Waals surface area (Å²) in [4.78, 5) is 7.30. The minimum absolute atomic E-state index is 1.15. The van der Waals surface area contributed by atoms with Crippen molar-refractivity contribution >= 4 is 86.3 Å². The molecule has 0 saturated carbocycles. The van der Waals surface area contributed by atoms with Crippen molar-refractivity contribution in [2.45, 2.75) is 0 Å². The van der Waals surface area contributed by atoms with Crippen molar-refractivity contribution in [1.82, 2.24) is 9.97 Å². The Balaban J connectivity index is 1.20. The van der Waals surface area contributed by atoms with Crippen LogP contribution in [0, 0.1) is 0 Å². The third kappa shape index (κ3) is 2.44. The second kappa shape index (κ2) is 7.18. The molecule has 2 nitrogen and oxygen atoms in total. The fourth-order valence-corrected chi connectivity index (χ4v) is 8.01. The zero-order chi connectivity index (χ0) is 27.1. The van der Waals surface area contributed by atoms with Gasteiger partial charge in [-0.2, -0.15) is 0 Å². The maximum Gasteiger partial charge on any atom is 0.0551 e. The number of hydrogen-bond acceptors (Lipinski definition) is 0. The largest absolute Gasteiger partial charge is 0.361 e. The van der Waals surface area contributed by atoms with Crippen molar-refractivity contribution in [1.29, 1.82) is 0 Å². The summed E-state index contributed by atoms with van der Waals surface area (Å²) in [5.74, 6) is 0. The van der Waals surface area contributed by atoms with Crippen LogP contribution in [0.25, 0.3) is 109 Å². The number of hydrogen-bond donors (Lipinski definition) is 2. The van der Waals surface area contributed by atoms with E-state index in [1.807, 2.05) is 6.20 Å². The van der Waals surface area contributed by atoms with Crippen LogP contribution in [-0.4, -0.2) is 9.97 Å². The van der Waals surface area contributed by atoms with Crippen LogP contribution in [0.5, 0.6) is 0 Å². The Morgan fingerprint density at radius 3 is 1.67 bits per heavy atom. The molecule has 11 rings (SSSR count). The Morgan fingerprint density at radius 1 is 0.357 bits per heavy atom. The van der Waals surface area contributed by atoms with Crippen LogP contribution in [0.3, 0.4) is 0 Å². The van der Waals surface area contributed by atoms with Gasteiger partial charge in [-0.15, -0.1) is 0 Å². The van der Waals surface area contributed by atoms with Gasteiger partial charge in [0.15, 0.2) is 0 Å². The first kappa shape index (κ1) is 21.2. The first-order valence-electron chi connectivity index (χ1n) is 14.6. The van der Waals surface area contributed by atoms with Crippen molar-refractivity contribution in [3.63, 3.8) is 0 Å². The van der Waals surface area contributed by atoms with Crippen LogP contribution in [0.4, 0.5) is 0 Å². The Hall–Kier alpha value is -5.60. The second-order valence-electron chi connectivity index (χ2n) is 11.9. The third-order valence-electron chi connectivity index (χ3n) is 9.85. The van der Waals surface area contributed by atoms with E-state index in [0.717, 1.165) is 5.69 Å². The summed E-state index contributed by atoms with van der Waals surface area (Å²) in [6, 6.07) is 43.0. The quantitative estimate of drug-likeness (QED) is 0.208. The Kier molecular flexibility index (Phi) is 3.62. The maximum atomic E-state index is 3.88. The molecule has 0 aliphatic carbocycles. The standard InChI is InChI=1S/C40H22N2/c1-3-21-6-7-25-19-31-32-20-34(42-40(32)39(31)30-17-12-22(4-1)35(21)38(25)30)27-14-9-24-10-15-28-26(33-5-2-18-41-33)13-8-23-11-16-29(27)37(24)36(23)28/h1-20,41-42H. The van der Waals surface area contributed by atoms with Crippen LogP contribution >= 0.6 is 0 Å². The molecule has 42 heavy (non-hydrogen) atoms. The predicted octanol–water partition coefficient (Wildman–Crippen LogP) is 11.2. The van der Waals surface area contributed by atoms with Crippen LogP contribution in [0.1, 0.15) is 0 Å². The lowest BCUT2D eigenvalue weighted by molar-refractivity contribution is 1.41. The molecule has 0 radical (unpaired) electrons. The van der Waals surface area contributed by atoms with Gasteiger partial charge in [0.1, 0.15) is 0 Å². The number of rotatable bonds is 2. The first-order valence-corrected chi connectivity index (χ1v) is 14.6. The SMILES string of the molecule is c1c[nH]c(-c2ccc3ccc4c(-c5cc6c7cc8ccc9cccc%10ccc(c7c6[nH]5)c8c9%10)ccc5ccc2c3c54)c1. The molecule has 2 aromatic heterocycles. The van der Waals surface area contributed by atoms with E-state index in [0.29, 0.717) is 0 Å². The molecule has 0 aliphatic rings. The molecular weight excluding hydrogens is 508 g/mol. The maximum absolute atomic E-state index is 3.88. The molecule has 0 fully saturated rings. The highest BCUT2D eigenvalue weighted by molar-refractivity contribution is 6.39. The van der Waals surface area contributed by atoms with Crippen LogP contribution in [0.15, 0.2) is 121 Å². The van der Waals surface area contributed by atoms with Gasteiger partial charge < -0.3 is 9.97 Å². The minimum atomic E-state index is 1.15. The normalized spacial score (nSPS) is 12.8. The van der Waals surface area contributed by atoms with Crippen molar-refractivity contribution in [2.75, 3.05) is 0 Å². The molecule has 0 atom stereocenters. The molecule has 0 aliphatic heterocycles. The average Bonchev–Trinajstić information content (AvgIpc) is 3.70. The van der Waals surface area contributed by atoms with E-state index in [9.17, 15) is 0 Å². The van der Waals surface area contributed by atoms with E-state index in [4.69, 9.17) is 0 Å². The van der Waals surface area contributed by atoms with E-state index < -0.39 is 0 Å². The van der Waals surface area contributed by atoms with Crippen molar-refractivity contribution in [2.24, 2.45) is 0 Å². The lowest BCUT2D eigenvalue weighted by atomic mass is 9.87. The molecule has 0 unspecified atom stereocenters. The van der Waals surface area contributed by atoms with Gasteiger partial charge >= 0.3 is 0 Å². The molecule has 192 valence electrons. The Labute approximate surface area is 239 Å². The summed E-state index contributed by atoms with van der Waals surface area (Å²) in [6.07, 6.45) is 2.00. The third-order valence-corrected chi connectivity index (χ3v) is 9.85. The van der Waals surface area contributed by atoms with Gasteiger partial charge in [0, 0.05) is 39.5 Å². The molecule has 11 aromatic rings. The highest BCUT2D eigenvalue weighted by atomic mass is 14.7. The number of aromatic amines is 2. The minimum Gasteiger partial charge on any atom is -0.361 e. The molecule has 2 N–H and O–H groups in total. The van der Waals surface area contributed by atoms with Crippen LogP contribution in [0.2, 0.25) is 0 Å². The summed E-state index contributed by atoms with van der Waals surface area (Å²) in [6.45, 7) is 0. The Morgan fingerprint density at radius 2 is 0.952 bits per heavy atom. The lowest BCUT2D eigenvalue weighted by Crippen LogP contribution is -1.90. The van der Waals surface area contributed by atoms with Gasteiger partial charge in [-0.25, -0.2) is 0 Å². The monoisotopic (exact) mass is 530 g/mol. The zero-order valence-electron chi connectivity index (χ0n) is 22.5. The number of nitrogens with one attached hydrogen (secondary N) is 2. The molecule has 2 heteroatoms. The summed E-state index contributed by atoms with van der Waals surface area (Å²) >= 11 is 0. The van der Waals surface area contributed by atoms with Crippen molar-refractivity contribution < 1.29 is 0 Å². The molecule has 0 amide bonds. The van der Waals surface area contributed by atoms with Gasteiger partial charge in [0.05, 0.1) is 5.52 Å². The first-order chi connectivity index (χ1) is 20.8. The molecule has 9 aromatic carbocycles. The second-order valence-corrected chi connectivity index (χ2v) is 11.9. The van der Waals surface area contributed by atoms with Crippen molar-refractivity contribution in [3.05, 3.63) is 121 Å². The lowest BCUT2D eigenvalue weighted by Gasteiger charge is -2.16. The topological polar surface area (TPSA) is 31.6 Å². The fraction of sp³-hybridized carbons (Fsp3) is 0. The molecule has 0 bridgehead atoms. The van der Waals surface area contributed by atoms with Crippen LogP contribution < -0.4 is 0 Å². The van der Waals surface area contributed by atoms with Gasteiger partial charge in [-0.1, -0.05) is 91.0 Å². The smallest absolute Gasteiger partial charge is 0.0551 e. The zero-order valence-corrected chi connectivity index (χ0v) is 22.5. The molecule has 0 spiro atoms. The van der Waals surface area contributed by atoms with Gasteiger partial charge in [0.2, 0.25) is 0 Å². The van der Waals surface area contributed by atoms with Crippen LogP contribution in [-0.2, 0) is 0 Å².